The van der Waals surface area contributed by atoms with E-state index in [1.54, 1.807) is 32.3 Å². The molecule has 29 heavy (non-hydrogen) atoms. The van der Waals surface area contributed by atoms with Crippen molar-refractivity contribution in [1.82, 2.24) is 20.7 Å². The van der Waals surface area contributed by atoms with Gasteiger partial charge in [0.05, 0.1) is 0 Å². The standard InChI is InChI=1S/C21H30N4O4/c1-4-21(2,3)18(27)20(29)25-13-6-5-9-16(25)19(28)24-23-17(26)11-10-15-8-7-12-22-14-15/h7-8,12,14,16H,4-6,9-11,13H2,1-3H3,(H,23,26)(H,24,28)/t16-/m0/s1. The van der Waals surface area contributed by atoms with E-state index >= 15 is 0 Å². The first-order valence-corrected chi connectivity index (χ1v) is 10.1. The topological polar surface area (TPSA) is 108 Å². The number of rotatable bonds is 7. The Hall–Kier alpha value is -2.77. The van der Waals surface area contributed by atoms with E-state index in [1.807, 2.05) is 13.0 Å². The molecule has 0 bridgehead atoms. The number of amides is 3. The molecule has 1 fully saturated rings. The van der Waals surface area contributed by atoms with Crippen LogP contribution >= 0.6 is 0 Å². The van der Waals surface area contributed by atoms with Gasteiger partial charge >= 0.3 is 0 Å². The number of likely N-dealkylation sites (tertiary alicyclic amines) is 1. The molecule has 0 aromatic carbocycles. The Balaban J connectivity index is 1.91. The van der Waals surface area contributed by atoms with Gasteiger partial charge in [-0.2, -0.15) is 0 Å². The quantitative estimate of drug-likeness (QED) is 0.531. The molecule has 158 valence electrons. The minimum atomic E-state index is -0.768. The third-order valence-corrected chi connectivity index (χ3v) is 5.45. The molecule has 0 unspecified atom stereocenters. The fourth-order valence-electron chi connectivity index (χ4n) is 3.11. The lowest BCUT2D eigenvalue weighted by Gasteiger charge is -2.35. The first kappa shape index (κ1) is 22.5. The van der Waals surface area contributed by atoms with Crippen molar-refractivity contribution in [2.24, 2.45) is 5.41 Å². The van der Waals surface area contributed by atoms with Gasteiger partial charge in [-0.3, -0.25) is 35.0 Å². The monoisotopic (exact) mass is 402 g/mol. The van der Waals surface area contributed by atoms with E-state index in [0.29, 0.717) is 25.8 Å². The van der Waals surface area contributed by atoms with Crippen LogP contribution in [0.5, 0.6) is 0 Å². The van der Waals surface area contributed by atoms with Crippen LogP contribution in [-0.4, -0.2) is 46.0 Å². The second-order valence-electron chi connectivity index (χ2n) is 7.98. The smallest absolute Gasteiger partial charge is 0.291 e. The summed E-state index contributed by atoms with van der Waals surface area (Å²) in [5.74, 6) is -1.92. The van der Waals surface area contributed by atoms with Crippen LogP contribution in [0, 0.1) is 5.41 Å². The van der Waals surface area contributed by atoms with E-state index in [1.165, 1.54) is 4.90 Å². The van der Waals surface area contributed by atoms with Crippen molar-refractivity contribution in [2.75, 3.05) is 6.54 Å². The SMILES string of the molecule is CCC(C)(C)C(=O)C(=O)N1CCCC[C@H]1C(=O)NNC(=O)CCc1cccnc1. The number of aryl methyl sites for hydroxylation is 1. The van der Waals surface area contributed by atoms with Gasteiger partial charge in [0.25, 0.3) is 11.8 Å². The van der Waals surface area contributed by atoms with E-state index in [9.17, 15) is 19.2 Å². The molecule has 1 aromatic heterocycles. The Morgan fingerprint density at radius 2 is 1.97 bits per heavy atom. The molecule has 1 atom stereocenters. The van der Waals surface area contributed by atoms with Crippen molar-refractivity contribution in [2.45, 2.75) is 65.3 Å². The van der Waals surface area contributed by atoms with Crippen LogP contribution in [0.2, 0.25) is 0 Å². The molecule has 0 saturated carbocycles. The van der Waals surface area contributed by atoms with Gasteiger partial charge in [-0.25, -0.2) is 0 Å². The summed E-state index contributed by atoms with van der Waals surface area (Å²) in [5, 5.41) is 0. The molecule has 2 rings (SSSR count). The number of carbonyl (C=O) groups excluding carboxylic acids is 4. The molecule has 2 N–H and O–H groups in total. The Labute approximate surface area is 171 Å². The fourth-order valence-corrected chi connectivity index (χ4v) is 3.11. The average molecular weight is 402 g/mol. The molecule has 3 amide bonds. The summed E-state index contributed by atoms with van der Waals surface area (Å²) in [4.78, 5) is 55.2. The average Bonchev–Trinajstić information content (AvgIpc) is 2.75. The lowest BCUT2D eigenvalue weighted by Crippen LogP contribution is -2.57. The predicted molar refractivity (Wildman–Crippen MR) is 107 cm³/mol. The second kappa shape index (κ2) is 10.1. The molecule has 8 heteroatoms. The molecule has 0 radical (unpaired) electrons. The number of hydrogen-bond donors (Lipinski definition) is 2. The Morgan fingerprint density at radius 3 is 2.62 bits per heavy atom. The minimum Gasteiger partial charge on any atom is -0.324 e. The van der Waals surface area contributed by atoms with Crippen molar-refractivity contribution in [3.05, 3.63) is 30.1 Å². The number of carbonyl (C=O) groups is 4. The first-order valence-electron chi connectivity index (χ1n) is 10.1. The molecule has 1 aliphatic rings. The molecule has 0 aliphatic carbocycles. The number of hydrazine groups is 1. The van der Waals surface area contributed by atoms with E-state index in [-0.39, 0.29) is 12.3 Å². The molecule has 2 heterocycles. The summed E-state index contributed by atoms with van der Waals surface area (Å²) in [6.07, 6.45) is 6.57. The van der Waals surface area contributed by atoms with Gasteiger partial charge in [-0.15, -0.1) is 0 Å². The van der Waals surface area contributed by atoms with E-state index in [2.05, 4.69) is 15.8 Å². The lowest BCUT2D eigenvalue weighted by atomic mass is 9.84. The Morgan fingerprint density at radius 1 is 1.21 bits per heavy atom. The highest BCUT2D eigenvalue weighted by Gasteiger charge is 2.39. The normalized spacial score (nSPS) is 16.8. The van der Waals surface area contributed by atoms with Crippen LogP contribution < -0.4 is 10.9 Å². The van der Waals surface area contributed by atoms with Crippen molar-refractivity contribution in [3.63, 3.8) is 0 Å². The summed E-state index contributed by atoms with van der Waals surface area (Å²) in [6, 6.07) is 2.91. The highest BCUT2D eigenvalue weighted by atomic mass is 16.2. The summed E-state index contributed by atoms with van der Waals surface area (Å²) >= 11 is 0. The number of hydrogen-bond acceptors (Lipinski definition) is 5. The van der Waals surface area contributed by atoms with Gasteiger partial charge in [0.15, 0.2) is 0 Å². The van der Waals surface area contributed by atoms with Crippen molar-refractivity contribution < 1.29 is 19.2 Å². The molecule has 0 spiro atoms. The van der Waals surface area contributed by atoms with Gasteiger partial charge in [0, 0.05) is 30.8 Å². The predicted octanol–water partition coefficient (Wildman–Crippen LogP) is 1.55. The van der Waals surface area contributed by atoms with Crippen LogP contribution in [0.15, 0.2) is 24.5 Å². The fraction of sp³-hybridized carbons (Fsp3) is 0.571. The maximum absolute atomic E-state index is 12.7. The third kappa shape index (κ3) is 6.10. The number of ketones is 1. The molecule has 1 aliphatic heterocycles. The summed E-state index contributed by atoms with van der Waals surface area (Å²) in [6.45, 7) is 5.67. The van der Waals surface area contributed by atoms with Gasteiger partial charge in [0.1, 0.15) is 6.04 Å². The second-order valence-corrected chi connectivity index (χ2v) is 7.98. The number of piperidine rings is 1. The third-order valence-electron chi connectivity index (χ3n) is 5.45. The highest BCUT2D eigenvalue weighted by Crippen LogP contribution is 2.25. The number of aromatic nitrogens is 1. The van der Waals surface area contributed by atoms with Crippen LogP contribution in [0.25, 0.3) is 0 Å². The first-order chi connectivity index (χ1) is 13.8. The zero-order chi connectivity index (χ0) is 21.4. The van der Waals surface area contributed by atoms with Gasteiger partial charge in [0.2, 0.25) is 11.7 Å². The van der Waals surface area contributed by atoms with E-state index in [4.69, 9.17) is 0 Å². The zero-order valence-electron chi connectivity index (χ0n) is 17.4. The minimum absolute atomic E-state index is 0.197. The lowest BCUT2D eigenvalue weighted by molar-refractivity contribution is -0.154. The van der Waals surface area contributed by atoms with E-state index in [0.717, 1.165) is 18.4 Å². The Bertz CT molecular complexity index is 748. The van der Waals surface area contributed by atoms with Gasteiger partial charge < -0.3 is 4.90 Å². The molecule has 1 aromatic rings. The van der Waals surface area contributed by atoms with Crippen LogP contribution in [-0.2, 0) is 25.6 Å². The number of nitrogens with one attached hydrogen (secondary N) is 2. The number of pyridine rings is 1. The van der Waals surface area contributed by atoms with E-state index < -0.39 is 29.1 Å². The summed E-state index contributed by atoms with van der Waals surface area (Å²) in [5.41, 5.74) is 4.96. The Kier molecular flexibility index (Phi) is 7.87. The van der Waals surface area contributed by atoms with Crippen molar-refractivity contribution >= 4 is 23.5 Å². The van der Waals surface area contributed by atoms with Crippen molar-refractivity contribution in [1.29, 1.82) is 0 Å². The number of nitrogens with zero attached hydrogens (tertiary/aromatic N) is 2. The molecular weight excluding hydrogens is 372 g/mol. The van der Waals surface area contributed by atoms with Crippen LogP contribution in [0.4, 0.5) is 0 Å². The maximum Gasteiger partial charge on any atom is 0.291 e. The summed E-state index contributed by atoms with van der Waals surface area (Å²) in [7, 11) is 0. The molecular formula is C21H30N4O4. The number of Topliss-reactive ketones (excluding diaryl/α,β-unsaturated/α-hetero) is 1. The molecule has 8 nitrogen and oxygen atoms in total. The zero-order valence-corrected chi connectivity index (χ0v) is 17.4. The maximum atomic E-state index is 12.7. The largest absolute Gasteiger partial charge is 0.324 e. The highest BCUT2D eigenvalue weighted by molar-refractivity contribution is 6.38. The van der Waals surface area contributed by atoms with Gasteiger partial charge in [-0.05, 0) is 43.7 Å². The van der Waals surface area contributed by atoms with Crippen molar-refractivity contribution in [3.8, 4) is 0 Å². The molecule has 1 saturated heterocycles. The van der Waals surface area contributed by atoms with Crippen LogP contribution in [0.1, 0.15) is 58.4 Å². The van der Waals surface area contributed by atoms with Gasteiger partial charge in [-0.1, -0.05) is 26.8 Å². The summed E-state index contributed by atoms with van der Waals surface area (Å²) < 4.78 is 0. The van der Waals surface area contributed by atoms with Crippen LogP contribution in [0.3, 0.4) is 0 Å².